The van der Waals surface area contributed by atoms with E-state index in [1.54, 1.807) is 12.1 Å². The fourth-order valence-electron chi connectivity index (χ4n) is 1.82. The number of fused-ring (bicyclic) bond motifs is 1. The van der Waals surface area contributed by atoms with Crippen molar-refractivity contribution < 1.29 is 13.0 Å². The van der Waals surface area contributed by atoms with Crippen molar-refractivity contribution in [1.82, 2.24) is 10.3 Å². The fourth-order valence-corrected chi connectivity index (χ4v) is 3.54. The third-order valence-electron chi connectivity index (χ3n) is 2.65. The molecule has 3 aromatic rings. The van der Waals surface area contributed by atoms with Crippen LogP contribution in [0.15, 0.2) is 45.9 Å². The van der Waals surface area contributed by atoms with E-state index in [2.05, 4.69) is 19.7 Å². The van der Waals surface area contributed by atoms with Gasteiger partial charge in [-0.25, -0.2) is 13.0 Å². The zero-order chi connectivity index (χ0) is 15.0. The average molecular weight is 344 g/mol. The number of anilines is 1. The Hall–Kier alpha value is -1.83. The molecule has 0 aliphatic carbocycles. The summed E-state index contributed by atoms with van der Waals surface area (Å²) in [5.74, 6) is 0. The molecule has 3 rings (SSSR count). The molecule has 0 radical (unpaired) electrons. The number of rotatable bonds is 3. The highest BCUT2D eigenvalue weighted by molar-refractivity contribution is 7.93. The predicted molar refractivity (Wildman–Crippen MR) is 79.1 cm³/mol. The van der Waals surface area contributed by atoms with Crippen LogP contribution in [-0.2, 0) is 10.0 Å². The molecule has 1 N–H and O–H groups in total. The van der Waals surface area contributed by atoms with Gasteiger partial charge in [-0.3, -0.25) is 4.72 Å². The maximum Gasteiger partial charge on any atom is 0.264 e. The molecule has 0 atom stereocenters. The number of aromatic nitrogens is 2. The van der Waals surface area contributed by atoms with E-state index in [-0.39, 0.29) is 16.1 Å². The van der Waals surface area contributed by atoms with Gasteiger partial charge in [-0.1, -0.05) is 29.3 Å². The molecule has 0 fully saturated rings. The first-order valence-corrected chi connectivity index (χ1v) is 7.90. The largest absolute Gasteiger partial charge is 0.279 e. The molecule has 9 heteroatoms. The molecule has 0 aliphatic heterocycles. The van der Waals surface area contributed by atoms with Crippen LogP contribution < -0.4 is 4.72 Å². The van der Waals surface area contributed by atoms with Crippen LogP contribution in [0.4, 0.5) is 5.69 Å². The van der Waals surface area contributed by atoms with Crippen molar-refractivity contribution in [3.63, 3.8) is 0 Å². The Morgan fingerprint density at radius 1 is 1.05 bits per heavy atom. The summed E-state index contributed by atoms with van der Waals surface area (Å²) in [6, 6.07) is 8.95. The summed E-state index contributed by atoms with van der Waals surface area (Å²) in [5.41, 5.74) is 0.751. The second kappa shape index (κ2) is 5.18. The van der Waals surface area contributed by atoms with Gasteiger partial charge in [0.15, 0.2) is 5.52 Å². The van der Waals surface area contributed by atoms with E-state index in [9.17, 15) is 8.42 Å². The first kappa shape index (κ1) is 14.1. The van der Waals surface area contributed by atoms with Gasteiger partial charge in [0, 0.05) is 10.0 Å². The van der Waals surface area contributed by atoms with Crippen molar-refractivity contribution in [3.05, 3.63) is 46.4 Å². The number of hydrogen-bond acceptors (Lipinski definition) is 5. The van der Waals surface area contributed by atoms with Gasteiger partial charge in [0.2, 0.25) is 0 Å². The van der Waals surface area contributed by atoms with Crippen LogP contribution in [0.1, 0.15) is 0 Å². The number of halogens is 2. The average Bonchev–Trinajstić information content (AvgIpc) is 2.84. The van der Waals surface area contributed by atoms with Crippen LogP contribution in [0.2, 0.25) is 10.0 Å². The Morgan fingerprint density at radius 3 is 2.48 bits per heavy atom. The maximum absolute atomic E-state index is 12.4. The van der Waals surface area contributed by atoms with Crippen LogP contribution >= 0.6 is 23.2 Å². The summed E-state index contributed by atoms with van der Waals surface area (Å²) in [6.07, 6.45) is 0. The summed E-state index contributed by atoms with van der Waals surface area (Å²) < 4.78 is 31.8. The minimum atomic E-state index is -3.87. The molecule has 108 valence electrons. The summed E-state index contributed by atoms with van der Waals surface area (Å²) in [4.78, 5) is -0.0441. The molecule has 0 saturated heterocycles. The standard InChI is InChI=1S/C12H7Cl2N3O3S/c13-7-4-8(14)6-9(5-7)17-21(18,19)11-3-1-2-10-12(11)16-20-15-10/h1-6,17H. The Balaban J connectivity index is 2.06. The number of sulfonamides is 1. The van der Waals surface area contributed by atoms with Crippen molar-refractivity contribution in [2.24, 2.45) is 0 Å². The van der Waals surface area contributed by atoms with Gasteiger partial charge in [0.1, 0.15) is 10.4 Å². The first-order chi connectivity index (χ1) is 9.95. The van der Waals surface area contributed by atoms with E-state index in [4.69, 9.17) is 23.2 Å². The normalized spacial score (nSPS) is 11.7. The van der Waals surface area contributed by atoms with Crippen molar-refractivity contribution in [2.75, 3.05) is 4.72 Å². The van der Waals surface area contributed by atoms with Gasteiger partial charge in [0.05, 0.1) is 5.69 Å². The van der Waals surface area contributed by atoms with Crippen molar-refractivity contribution in [3.8, 4) is 0 Å². The molecule has 2 aromatic carbocycles. The van der Waals surface area contributed by atoms with E-state index >= 15 is 0 Å². The second-order valence-corrected chi connectivity index (χ2v) is 6.68. The molecule has 0 amide bonds. The van der Waals surface area contributed by atoms with Crippen LogP contribution in [0.3, 0.4) is 0 Å². The highest BCUT2D eigenvalue weighted by atomic mass is 35.5. The van der Waals surface area contributed by atoms with Gasteiger partial charge in [-0.05, 0) is 40.6 Å². The Morgan fingerprint density at radius 2 is 1.76 bits per heavy atom. The molecule has 1 heterocycles. The highest BCUT2D eigenvalue weighted by Gasteiger charge is 2.20. The Kier molecular flexibility index (Phi) is 3.48. The summed E-state index contributed by atoms with van der Waals surface area (Å²) in [5, 5.41) is 7.85. The maximum atomic E-state index is 12.4. The number of hydrogen-bond donors (Lipinski definition) is 1. The predicted octanol–water partition coefficient (Wildman–Crippen LogP) is 3.33. The smallest absolute Gasteiger partial charge is 0.264 e. The van der Waals surface area contributed by atoms with Crippen LogP contribution in [0.25, 0.3) is 11.0 Å². The number of nitrogens with one attached hydrogen (secondary N) is 1. The lowest BCUT2D eigenvalue weighted by atomic mass is 10.3. The molecule has 0 bridgehead atoms. The zero-order valence-electron chi connectivity index (χ0n) is 10.2. The van der Waals surface area contributed by atoms with Crippen molar-refractivity contribution in [2.45, 2.75) is 4.90 Å². The van der Waals surface area contributed by atoms with Crippen molar-refractivity contribution >= 4 is 49.9 Å². The van der Waals surface area contributed by atoms with Crippen molar-refractivity contribution in [1.29, 1.82) is 0 Å². The number of nitrogens with zero attached hydrogens (tertiary/aromatic N) is 2. The second-order valence-electron chi connectivity index (χ2n) is 4.15. The number of benzene rings is 2. The van der Waals surface area contributed by atoms with E-state index < -0.39 is 10.0 Å². The minimum Gasteiger partial charge on any atom is -0.279 e. The molecule has 21 heavy (non-hydrogen) atoms. The minimum absolute atomic E-state index is 0.0441. The third kappa shape index (κ3) is 2.80. The van der Waals surface area contributed by atoms with E-state index in [0.717, 1.165) is 0 Å². The van der Waals surface area contributed by atoms with Gasteiger partial charge in [-0.15, -0.1) is 0 Å². The molecule has 0 spiro atoms. The molecular weight excluding hydrogens is 337 g/mol. The molecule has 0 unspecified atom stereocenters. The highest BCUT2D eigenvalue weighted by Crippen LogP contribution is 2.26. The van der Waals surface area contributed by atoms with E-state index in [1.807, 2.05) is 0 Å². The van der Waals surface area contributed by atoms with Crippen LogP contribution in [-0.4, -0.2) is 18.7 Å². The zero-order valence-corrected chi connectivity index (χ0v) is 12.6. The topological polar surface area (TPSA) is 85.1 Å². The van der Waals surface area contributed by atoms with Gasteiger partial charge in [0.25, 0.3) is 10.0 Å². The quantitative estimate of drug-likeness (QED) is 0.788. The lowest BCUT2D eigenvalue weighted by Gasteiger charge is -2.08. The molecule has 6 nitrogen and oxygen atoms in total. The Bertz CT molecular complexity index is 904. The molecule has 0 saturated carbocycles. The Labute approximate surface area is 129 Å². The lowest BCUT2D eigenvalue weighted by molar-refractivity contribution is 0.315. The lowest BCUT2D eigenvalue weighted by Crippen LogP contribution is -2.13. The van der Waals surface area contributed by atoms with E-state index in [1.165, 1.54) is 24.3 Å². The monoisotopic (exact) mass is 343 g/mol. The van der Waals surface area contributed by atoms with Crippen LogP contribution in [0.5, 0.6) is 0 Å². The van der Waals surface area contributed by atoms with Crippen LogP contribution in [0, 0.1) is 0 Å². The molecule has 1 aromatic heterocycles. The summed E-state index contributed by atoms with van der Waals surface area (Å²) >= 11 is 11.7. The molecule has 0 aliphatic rings. The summed E-state index contributed by atoms with van der Waals surface area (Å²) in [6.45, 7) is 0. The third-order valence-corrected chi connectivity index (χ3v) is 4.50. The van der Waals surface area contributed by atoms with E-state index in [0.29, 0.717) is 15.6 Å². The van der Waals surface area contributed by atoms with Gasteiger partial charge < -0.3 is 0 Å². The fraction of sp³-hybridized carbons (Fsp3) is 0. The summed E-state index contributed by atoms with van der Waals surface area (Å²) in [7, 11) is -3.87. The first-order valence-electron chi connectivity index (χ1n) is 5.66. The van der Waals surface area contributed by atoms with Gasteiger partial charge in [-0.2, -0.15) is 0 Å². The van der Waals surface area contributed by atoms with Gasteiger partial charge >= 0.3 is 0 Å². The SMILES string of the molecule is O=S(=O)(Nc1cc(Cl)cc(Cl)c1)c1cccc2nonc12. The molecular formula is C12H7Cl2N3O3S.